The van der Waals surface area contributed by atoms with E-state index in [2.05, 4.69) is 38.2 Å². The Morgan fingerprint density at radius 2 is 0.964 bits per heavy atom. The van der Waals surface area contributed by atoms with E-state index < -0.39 is 18.1 Å². The number of quaternary nitrogens is 1. The van der Waals surface area contributed by atoms with Gasteiger partial charge in [-0.05, 0) is 44.9 Å². The molecular weight excluding hydrogens is 691 g/mol. The molecule has 2 unspecified atom stereocenters. The van der Waals surface area contributed by atoms with E-state index in [1.165, 1.54) is 122 Å². The number of hydrogen-bond donors (Lipinski definition) is 1. The maximum atomic E-state index is 12.7. The van der Waals surface area contributed by atoms with Crippen LogP contribution in [0.5, 0.6) is 0 Å². The minimum atomic E-state index is -0.874. The molecular formula is C47H88NO7+. The van der Waals surface area contributed by atoms with Gasteiger partial charge in [0, 0.05) is 19.3 Å². The molecule has 322 valence electrons. The molecule has 1 N–H and O–H groups in total. The Balaban J connectivity index is 4.31. The predicted molar refractivity (Wildman–Crippen MR) is 229 cm³/mol. The van der Waals surface area contributed by atoms with E-state index >= 15 is 0 Å². The van der Waals surface area contributed by atoms with Gasteiger partial charge in [0.25, 0.3) is 0 Å². The summed E-state index contributed by atoms with van der Waals surface area (Å²) in [5.41, 5.74) is 0. The SMILES string of the molecule is CCCCC/C=C/C/C=C/CCCCCCCCCC(=O)OCC(COCCC(C(=O)O)[N+](C)(C)C)OC(=O)CCCCCCCCCCCCCCCC. The summed E-state index contributed by atoms with van der Waals surface area (Å²) >= 11 is 0. The molecule has 0 amide bonds. The Bertz CT molecular complexity index is 957. The zero-order valence-corrected chi connectivity index (χ0v) is 36.6. The lowest BCUT2D eigenvalue weighted by Crippen LogP contribution is -2.50. The van der Waals surface area contributed by atoms with Crippen LogP contribution in [0, 0.1) is 0 Å². The first kappa shape index (κ1) is 52.8. The van der Waals surface area contributed by atoms with E-state index in [4.69, 9.17) is 14.2 Å². The minimum absolute atomic E-state index is 0.0509. The maximum Gasteiger partial charge on any atom is 0.362 e. The Kier molecular flexibility index (Phi) is 37.1. The monoisotopic (exact) mass is 779 g/mol. The summed E-state index contributed by atoms with van der Waals surface area (Å²) in [6.07, 6.45) is 42.1. The molecule has 0 aromatic rings. The van der Waals surface area contributed by atoms with Gasteiger partial charge < -0.3 is 23.8 Å². The molecule has 0 aliphatic heterocycles. The fourth-order valence-corrected chi connectivity index (χ4v) is 6.77. The van der Waals surface area contributed by atoms with Gasteiger partial charge in [-0.15, -0.1) is 0 Å². The van der Waals surface area contributed by atoms with E-state index in [0.29, 0.717) is 19.3 Å². The normalized spacial score (nSPS) is 13.1. The van der Waals surface area contributed by atoms with Crippen LogP contribution in [0.15, 0.2) is 24.3 Å². The number of esters is 2. The largest absolute Gasteiger partial charge is 0.477 e. The summed E-state index contributed by atoms with van der Waals surface area (Å²) in [5.74, 6) is -1.47. The molecule has 55 heavy (non-hydrogen) atoms. The second-order valence-corrected chi connectivity index (χ2v) is 16.7. The molecule has 0 bridgehead atoms. The number of nitrogens with zero attached hydrogens (tertiary/aromatic N) is 1. The lowest BCUT2D eigenvalue weighted by molar-refractivity contribution is -0.887. The first-order valence-corrected chi connectivity index (χ1v) is 22.9. The summed E-state index contributed by atoms with van der Waals surface area (Å²) < 4.78 is 17.3. The van der Waals surface area contributed by atoms with E-state index in [0.717, 1.165) is 51.4 Å². The molecule has 8 nitrogen and oxygen atoms in total. The number of carboxylic acids is 1. The van der Waals surface area contributed by atoms with E-state index in [-0.39, 0.29) is 36.2 Å². The zero-order chi connectivity index (χ0) is 40.7. The number of ether oxygens (including phenoxy) is 3. The van der Waals surface area contributed by atoms with Crippen molar-refractivity contribution in [1.82, 2.24) is 0 Å². The highest BCUT2D eigenvalue weighted by Crippen LogP contribution is 2.15. The van der Waals surface area contributed by atoms with Crippen LogP contribution in [0.3, 0.4) is 0 Å². The number of allylic oxidation sites excluding steroid dienone is 4. The van der Waals surface area contributed by atoms with Crippen molar-refractivity contribution < 1.29 is 38.2 Å². The number of hydrogen-bond acceptors (Lipinski definition) is 6. The molecule has 0 heterocycles. The number of carbonyl (C=O) groups is 3. The highest BCUT2D eigenvalue weighted by molar-refractivity contribution is 5.72. The van der Waals surface area contributed by atoms with Gasteiger partial charge in [-0.2, -0.15) is 0 Å². The molecule has 8 heteroatoms. The van der Waals surface area contributed by atoms with Gasteiger partial charge in [-0.1, -0.05) is 167 Å². The van der Waals surface area contributed by atoms with Crippen LogP contribution in [0.4, 0.5) is 0 Å². The smallest absolute Gasteiger partial charge is 0.362 e. The van der Waals surface area contributed by atoms with Crippen LogP contribution in [-0.2, 0) is 28.6 Å². The van der Waals surface area contributed by atoms with Crippen LogP contribution in [0.2, 0.25) is 0 Å². The van der Waals surface area contributed by atoms with Crippen molar-refractivity contribution in [3.05, 3.63) is 24.3 Å². The third-order valence-electron chi connectivity index (χ3n) is 10.4. The summed E-state index contributed by atoms with van der Waals surface area (Å²) in [7, 11) is 5.53. The Labute approximate surface area is 339 Å². The van der Waals surface area contributed by atoms with Gasteiger partial charge in [-0.3, -0.25) is 9.59 Å². The average molecular weight is 779 g/mol. The molecule has 0 aromatic carbocycles. The Morgan fingerprint density at radius 3 is 1.44 bits per heavy atom. The highest BCUT2D eigenvalue weighted by Gasteiger charge is 2.31. The maximum absolute atomic E-state index is 12.7. The number of carbonyl (C=O) groups excluding carboxylic acids is 2. The molecule has 2 atom stereocenters. The van der Waals surface area contributed by atoms with Crippen molar-refractivity contribution in [1.29, 1.82) is 0 Å². The molecule has 0 fully saturated rings. The van der Waals surface area contributed by atoms with E-state index in [9.17, 15) is 19.5 Å². The fraction of sp³-hybridized carbons (Fsp3) is 0.851. The molecule has 0 spiro atoms. The molecule has 0 aromatic heterocycles. The fourth-order valence-electron chi connectivity index (χ4n) is 6.77. The van der Waals surface area contributed by atoms with Crippen molar-refractivity contribution in [2.45, 2.75) is 219 Å². The van der Waals surface area contributed by atoms with Gasteiger partial charge in [0.15, 0.2) is 12.1 Å². The van der Waals surface area contributed by atoms with Crippen LogP contribution in [0.25, 0.3) is 0 Å². The molecule has 0 rings (SSSR count). The Morgan fingerprint density at radius 1 is 0.545 bits per heavy atom. The second kappa shape index (κ2) is 38.7. The summed E-state index contributed by atoms with van der Waals surface area (Å²) in [4.78, 5) is 37.0. The zero-order valence-electron chi connectivity index (χ0n) is 36.6. The van der Waals surface area contributed by atoms with Crippen molar-refractivity contribution in [2.75, 3.05) is 41.0 Å². The minimum Gasteiger partial charge on any atom is -0.477 e. The lowest BCUT2D eigenvalue weighted by atomic mass is 10.0. The van der Waals surface area contributed by atoms with Crippen LogP contribution < -0.4 is 0 Å². The predicted octanol–water partition coefficient (Wildman–Crippen LogP) is 12.5. The standard InChI is InChI=1S/C47H87NO7/c1-6-8-10-12-14-16-18-20-22-23-24-26-27-29-31-33-35-37-45(49)54-42-43(41-53-40-39-44(47(51)52)48(3,4)5)55-46(50)38-36-34-32-30-28-25-21-19-17-15-13-11-9-7-2/h14,16,20,22,43-44H,6-13,15,17-19,21,23-42H2,1-5H3/p+1/b16-14+,22-20+. The van der Waals surface area contributed by atoms with Crippen molar-refractivity contribution in [3.8, 4) is 0 Å². The third kappa shape index (κ3) is 37.2. The number of unbranched alkanes of at least 4 members (excludes halogenated alkanes) is 23. The summed E-state index contributed by atoms with van der Waals surface area (Å²) in [5, 5.41) is 9.62. The van der Waals surface area contributed by atoms with Crippen molar-refractivity contribution in [3.63, 3.8) is 0 Å². The topological polar surface area (TPSA) is 99.1 Å². The summed E-state index contributed by atoms with van der Waals surface area (Å²) in [6, 6.07) is -0.612. The van der Waals surface area contributed by atoms with Crippen LogP contribution in [0.1, 0.15) is 206 Å². The lowest BCUT2D eigenvalue weighted by Gasteiger charge is -2.31. The van der Waals surface area contributed by atoms with Crippen LogP contribution in [-0.4, -0.2) is 80.6 Å². The quantitative estimate of drug-likeness (QED) is 0.0285. The van der Waals surface area contributed by atoms with Gasteiger partial charge in [0.2, 0.25) is 0 Å². The average Bonchev–Trinajstić information content (AvgIpc) is 3.14. The first-order chi connectivity index (χ1) is 26.6. The third-order valence-corrected chi connectivity index (χ3v) is 10.4. The number of rotatable bonds is 41. The highest BCUT2D eigenvalue weighted by atomic mass is 16.6. The van der Waals surface area contributed by atoms with Gasteiger partial charge in [-0.25, -0.2) is 4.79 Å². The van der Waals surface area contributed by atoms with Gasteiger partial charge >= 0.3 is 17.9 Å². The molecule has 0 saturated carbocycles. The van der Waals surface area contributed by atoms with E-state index in [1.807, 2.05) is 21.1 Å². The van der Waals surface area contributed by atoms with Gasteiger partial charge in [0.05, 0.1) is 34.4 Å². The van der Waals surface area contributed by atoms with Crippen molar-refractivity contribution >= 4 is 17.9 Å². The van der Waals surface area contributed by atoms with Gasteiger partial charge in [0.1, 0.15) is 6.61 Å². The molecule has 0 aliphatic rings. The summed E-state index contributed by atoms with van der Waals surface area (Å²) in [6.45, 7) is 4.72. The number of carboxylic acid groups (broad SMARTS) is 1. The molecule has 0 radical (unpaired) electrons. The van der Waals surface area contributed by atoms with E-state index in [1.54, 1.807) is 0 Å². The number of aliphatic carboxylic acids is 1. The molecule has 0 saturated heterocycles. The molecule has 0 aliphatic carbocycles. The first-order valence-electron chi connectivity index (χ1n) is 22.9. The van der Waals surface area contributed by atoms with Crippen LogP contribution >= 0.6 is 0 Å². The van der Waals surface area contributed by atoms with Crippen molar-refractivity contribution in [2.24, 2.45) is 0 Å². The second-order valence-electron chi connectivity index (χ2n) is 16.7. The number of likely N-dealkylation sites (N-methyl/N-ethyl adjacent to an activating group) is 1. The Hall–Kier alpha value is -2.19.